The molecule has 29 heavy (non-hydrogen) atoms. The molecule has 1 aromatic rings. The molecule has 2 atom stereocenters. The van der Waals surface area contributed by atoms with E-state index in [0.717, 1.165) is 57.9 Å². The Morgan fingerprint density at radius 3 is 2.62 bits per heavy atom. The summed E-state index contributed by atoms with van der Waals surface area (Å²) in [5.41, 5.74) is 0.924. The van der Waals surface area contributed by atoms with Gasteiger partial charge in [0.05, 0.1) is 24.5 Å². The van der Waals surface area contributed by atoms with Crippen LogP contribution in [-0.2, 0) is 26.5 Å². The van der Waals surface area contributed by atoms with Gasteiger partial charge in [0.2, 0.25) is 0 Å². The highest BCUT2D eigenvalue weighted by Crippen LogP contribution is 2.43. The van der Waals surface area contributed by atoms with Crippen molar-refractivity contribution < 1.29 is 17.9 Å². The summed E-state index contributed by atoms with van der Waals surface area (Å²) in [6.07, 6.45) is 4.96. The molecule has 5 heterocycles. The van der Waals surface area contributed by atoms with Crippen LogP contribution in [0.4, 0.5) is 0 Å². The number of ether oxygens (including phenoxy) is 2. The number of sulfonamides is 1. The van der Waals surface area contributed by atoms with Crippen LogP contribution in [0.2, 0.25) is 0 Å². The molecule has 4 aliphatic rings. The number of likely N-dealkylation sites (tertiary alicyclic amines) is 1. The lowest BCUT2D eigenvalue weighted by Gasteiger charge is -2.38. The van der Waals surface area contributed by atoms with E-state index in [0.29, 0.717) is 24.5 Å². The second kappa shape index (κ2) is 7.02. The van der Waals surface area contributed by atoms with Gasteiger partial charge < -0.3 is 9.47 Å². The maximum absolute atomic E-state index is 13.0. The van der Waals surface area contributed by atoms with E-state index in [1.54, 1.807) is 17.4 Å². The first-order chi connectivity index (χ1) is 13.8. The van der Waals surface area contributed by atoms with E-state index in [1.165, 1.54) is 17.5 Å². The van der Waals surface area contributed by atoms with E-state index in [-0.39, 0.29) is 10.6 Å². The van der Waals surface area contributed by atoms with Gasteiger partial charge in [0.15, 0.2) is 5.03 Å². The molecular weight excluding hydrogens is 392 g/mol. The summed E-state index contributed by atoms with van der Waals surface area (Å²) < 4.78 is 41.2. The summed E-state index contributed by atoms with van der Waals surface area (Å²) in [5, 5.41) is 4.47. The quantitative estimate of drug-likeness (QED) is 0.725. The van der Waals surface area contributed by atoms with E-state index in [4.69, 9.17) is 9.47 Å². The van der Waals surface area contributed by atoms with Gasteiger partial charge >= 0.3 is 0 Å². The third-order valence-corrected chi connectivity index (χ3v) is 9.51. The normalized spacial score (nSPS) is 33.4. The molecule has 4 fully saturated rings. The molecule has 4 saturated heterocycles. The topological polar surface area (TPSA) is 76.9 Å². The van der Waals surface area contributed by atoms with E-state index in [2.05, 4.69) is 10.00 Å². The Morgan fingerprint density at radius 2 is 1.97 bits per heavy atom. The number of piperidine rings is 1. The van der Waals surface area contributed by atoms with Crippen molar-refractivity contribution in [2.45, 2.75) is 55.7 Å². The van der Waals surface area contributed by atoms with Crippen LogP contribution in [-0.4, -0.2) is 85.0 Å². The van der Waals surface area contributed by atoms with Crippen LogP contribution in [0.15, 0.2) is 11.1 Å². The second-order valence-electron chi connectivity index (χ2n) is 9.53. The molecule has 0 radical (unpaired) electrons. The van der Waals surface area contributed by atoms with Crippen LogP contribution in [0.25, 0.3) is 0 Å². The fraction of sp³-hybridized carbons (Fsp3) is 0.850. The lowest BCUT2D eigenvalue weighted by molar-refractivity contribution is -0.0317. The average Bonchev–Trinajstić information content (AvgIpc) is 3.46. The molecule has 0 amide bonds. The monoisotopic (exact) mass is 424 g/mol. The number of rotatable bonds is 3. The van der Waals surface area contributed by atoms with Crippen LogP contribution in [0.1, 0.15) is 37.8 Å². The van der Waals surface area contributed by atoms with E-state index >= 15 is 0 Å². The molecule has 0 aliphatic carbocycles. The fourth-order valence-electron chi connectivity index (χ4n) is 5.75. The minimum atomic E-state index is -3.51. The third-order valence-electron chi connectivity index (χ3n) is 7.56. The Kier molecular flexibility index (Phi) is 4.82. The zero-order chi connectivity index (χ0) is 20.3. The highest BCUT2D eigenvalue weighted by Gasteiger charge is 2.49. The number of aryl methyl sites for hydroxylation is 2. The molecule has 0 saturated carbocycles. The smallest absolute Gasteiger partial charge is 0.260 e. The van der Waals surface area contributed by atoms with Gasteiger partial charge in [-0.05, 0) is 51.6 Å². The Labute approximate surface area is 173 Å². The van der Waals surface area contributed by atoms with Gasteiger partial charge in [0, 0.05) is 44.7 Å². The summed E-state index contributed by atoms with van der Waals surface area (Å²) in [6, 6.07) is 2.11. The fourth-order valence-corrected chi connectivity index (χ4v) is 7.37. The van der Waals surface area contributed by atoms with Crippen molar-refractivity contribution in [3.05, 3.63) is 11.8 Å². The van der Waals surface area contributed by atoms with E-state index in [9.17, 15) is 8.42 Å². The van der Waals surface area contributed by atoms with Crippen LogP contribution in [0, 0.1) is 12.3 Å². The molecule has 1 aromatic heterocycles. The predicted octanol–water partition coefficient (Wildman–Crippen LogP) is 1.15. The van der Waals surface area contributed by atoms with Gasteiger partial charge in [-0.2, -0.15) is 9.40 Å². The molecule has 4 aliphatic heterocycles. The second-order valence-corrected chi connectivity index (χ2v) is 11.4. The zero-order valence-electron chi connectivity index (χ0n) is 17.5. The van der Waals surface area contributed by atoms with Gasteiger partial charge in [-0.3, -0.25) is 9.58 Å². The van der Waals surface area contributed by atoms with Crippen LogP contribution in [0.5, 0.6) is 0 Å². The Morgan fingerprint density at radius 1 is 1.17 bits per heavy atom. The van der Waals surface area contributed by atoms with Crippen LogP contribution >= 0.6 is 0 Å². The van der Waals surface area contributed by atoms with Gasteiger partial charge in [0.1, 0.15) is 0 Å². The van der Waals surface area contributed by atoms with Crippen molar-refractivity contribution in [1.82, 2.24) is 19.0 Å². The molecule has 0 bridgehead atoms. The molecule has 0 N–H and O–H groups in total. The highest BCUT2D eigenvalue weighted by molar-refractivity contribution is 7.89. The zero-order valence-corrected chi connectivity index (χ0v) is 18.3. The molecular formula is C20H32N4O4S. The summed E-state index contributed by atoms with van der Waals surface area (Å²) >= 11 is 0. The molecule has 0 aromatic carbocycles. The highest BCUT2D eigenvalue weighted by atomic mass is 32.2. The van der Waals surface area contributed by atoms with Crippen LogP contribution in [0.3, 0.4) is 0 Å². The Hall–Kier alpha value is -1.00. The summed E-state index contributed by atoms with van der Waals surface area (Å²) in [5.74, 6) is 0. The SMILES string of the molecule is Cc1cc(S(=O)(=O)N2CCC3(CC2)CC(N2CCC4(CCOC4)C2)CO3)n(C)n1. The van der Waals surface area contributed by atoms with Gasteiger partial charge in [-0.25, -0.2) is 8.42 Å². The van der Waals surface area contributed by atoms with Gasteiger partial charge in [0.25, 0.3) is 10.0 Å². The average molecular weight is 425 g/mol. The molecule has 2 spiro atoms. The Balaban J connectivity index is 1.21. The number of aromatic nitrogens is 2. The maximum atomic E-state index is 13.0. The molecule has 9 heteroatoms. The maximum Gasteiger partial charge on any atom is 0.260 e. The van der Waals surface area contributed by atoms with Gasteiger partial charge in [-0.1, -0.05) is 0 Å². The molecule has 2 unspecified atom stereocenters. The van der Waals surface area contributed by atoms with E-state index < -0.39 is 10.0 Å². The van der Waals surface area contributed by atoms with Crippen molar-refractivity contribution >= 4 is 10.0 Å². The third kappa shape index (κ3) is 3.44. The van der Waals surface area contributed by atoms with Crippen LogP contribution < -0.4 is 0 Å². The molecule has 5 rings (SSSR count). The lowest BCUT2D eigenvalue weighted by Crippen LogP contribution is -2.47. The molecule has 8 nitrogen and oxygen atoms in total. The minimum absolute atomic E-state index is 0.166. The Bertz CT molecular complexity index is 869. The first-order valence-electron chi connectivity index (χ1n) is 10.8. The summed E-state index contributed by atoms with van der Waals surface area (Å²) in [6.45, 7) is 7.67. The minimum Gasteiger partial charge on any atom is -0.381 e. The van der Waals surface area contributed by atoms with Crippen molar-refractivity contribution in [3.8, 4) is 0 Å². The standard InChI is InChI=1S/C20H32N4O4S/c1-16-11-18(22(2)21-16)29(25,26)24-8-4-20(5-9-24)12-17(13-28-20)23-7-3-19(14-23)6-10-27-15-19/h11,17H,3-10,12-15H2,1-2H3. The van der Waals surface area contributed by atoms with E-state index in [1.807, 2.05) is 6.92 Å². The van der Waals surface area contributed by atoms with Crippen molar-refractivity contribution in [2.75, 3.05) is 46.0 Å². The number of hydrogen-bond donors (Lipinski definition) is 0. The lowest BCUT2D eigenvalue weighted by atomic mass is 9.86. The largest absolute Gasteiger partial charge is 0.381 e. The number of nitrogens with zero attached hydrogens (tertiary/aromatic N) is 4. The summed E-state index contributed by atoms with van der Waals surface area (Å²) in [4.78, 5) is 2.60. The first kappa shape index (κ1) is 19.9. The van der Waals surface area contributed by atoms with Gasteiger partial charge in [-0.15, -0.1) is 0 Å². The number of hydrogen-bond acceptors (Lipinski definition) is 6. The predicted molar refractivity (Wildman–Crippen MR) is 107 cm³/mol. The van der Waals surface area contributed by atoms with Crippen molar-refractivity contribution in [1.29, 1.82) is 0 Å². The first-order valence-corrected chi connectivity index (χ1v) is 12.2. The summed E-state index contributed by atoms with van der Waals surface area (Å²) in [7, 11) is -1.82. The molecule has 162 valence electrons. The van der Waals surface area contributed by atoms with Crippen molar-refractivity contribution in [3.63, 3.8) is 0 Å². The van der Waals surface area contributed by atoms with Crippen molar-refractivity contribution in [2.24, 2.45) is 12.5 Å².